The molecule has 192 valence electrons. The summed E-state index contributed by atoms with van der Waals surface area (Å²) in [6.07, 6.45) is 2.64. The summed E-state index contributed by atoms with van der Waals surface area (Å²) < 4.78 is 6.04. The largest absolute Gasteiger partial charge is 0.489 e. The van der Waals surface area contributed by atoms with Crippen LogP contribution in [0.4, 0.5) is 0 Å². The predicted octanol–water partition coefficient (Wildman–Crippen LogP) is 3.62. The van der Waals surface area contributed by atoms with Gasteiger partial charge in [-0.1, -0.05) is 54.6 Å². The Morgan fingerprint density at radius 3 is 2.66 bits per heavy atom. The molecule has 4 N–H and O–H groups in total. The number of carbonyl (C=O) groups excluding carboxylic acids is 2. The van der Waals surface area contributed by atoms with Crippen LogP contribution in [0.1, 0.15) is 34.7 Å². The fraction of sp³-hybridized carbons (Fsp3) is 0.233. The smallest absolute Gasteiger partial charge is 0.249 e. The van der Waals surface area contributed by atoms with Gasteiger partial charge >= 0.3 is 0 Å². The number of nitrogens with zero attached hydrogens (tertiary/aromatic N) is 2. The topological polar surface area (TPSA) is 118 Å². The number of aromatic nitrogens is 1. The van der Waals surface area contributed by atoms with E-state index in [-0.39, 0.29) is 5.91 Å². The molecule has 8 nitrogen and oxygen atoms in total. The predicted molar refractivity (Wildman–Crippen MR) is 141 cm³/mol. The van der Waals surface area contributed by atoms with Crippen molar-refractivity contribution in [3.8, 4) is 5.75 Å². The van der Waals surface area contributed by atoms with E-state index < -0.39 is 23.4 Å². The second kappa shape index (κ2) is 9.55. The number of ether oxygens (including phenoxy) is 1. The van der Waals surface area contributed by atoms with Crippen LogP contribution in [0.3, 0.4) is 0 Å². The number of rotatable bonds is 6. The SMILES string of the molecule is NC1(c2ccc(OCc3ccnc4ccccc34)cc2)CCN(C2c3ccccc3CC2C(=O)NO)C1=O. The van der Waals surface area contributed by atoms with E-state index in [0.29, 0.717) is 37.3 Å². The second-order valence-electron chi connectivity index (χ2n) is 9.95. The number of amides is 2. The number of carbonyl (C=O) groups is 2. The van der Waals surface area contributed by atoms with E-state index in [0.717, 1.165) is 27.6 Å². The van der Waals surface area contributed by atoms with Crippen molar-refractivity contribution in [2.75, 3.05) is 6.54 Å². The Labute approximate surface area is 220 Å². The molecule has 1 saturated heterocycles. The summed E-state index contributed by atoms with van der Waals surface area (Å²) in [6, 6.07) is 24.4. The maximum atomic E-state index is 13.8. The minimum atomic E-state index is -1.21. The van der Waals surface area contributed by atoms with Crippen molar-refractivity contribution in [1.82, 2.24) is 15.4 Å². The van der Waals surface area contributed by atoms with Gasteiger partial charge in [-0.2, -0.15) is 0 Å². The van der Waals surface area contributed by atoms with Gasteiger partial charge in [0.25, 0.3) is 0 Å². The van der Waals surface area contributed by atoms with Gasteiger partial charge in [0.15, 0.2) is 0 Å². The molecule has 2 aliphatic rings. The van der Waals surface area contributed by atoms with Crippen molar-refractivity contribution in [1.29, 1.82) is 0 Å². The van der Waals surface area contributed by atoms with Gasteiger partial charge in [0.2, 0.25) is 11.8 Å². The fourth-order valence-corrected chi connectivity index (χ4v) is 5.86. The fourth-order valence-electron chi connectivity index (χ4n) is 5.86. The number of nitrogens with one attached hydrogen (secondary N) is 1. The number of likely N-dealkylation sites (tertiary alicyclic amines) is 1. The first-order valence-electron chi connectivity index (χ1n) is 12.7. The van der Waals surface area contributed by atoms with Gasteiger partial charge in [-0.3, -0.25) is 19.8 Å². The van der Waals surface area contributed by atoms with Crippen molar-refractivity contribution >= 4 is 22.7 Å². The van der Waals surface area contributed by atoms with E-state index >= 15 is 0 Å². The molecule has 2 amide bonds. The summed E-state index contributed by atoms with van der Waals surface area (Å²) in [7, 11) is 0. The first kappa shape index (κ1) is 24.1. The van der Waals surface area contributed by atoms with Gasteiger partial charge in [0.1, 0.15) is 17.9 Å². The molecule has 8 heteroatoms. The van der Waals surface area contributed by atoms with E-state index in [1.807, 2.05) is 78.9 Å². The number of para-hydroxylation sites is 1. The molecular formula is C30H28N4O4. The zero-order valence-electron chi connectivity index (χ0n) is 20.7. The van der Waals surface area contributed by atoms with Gasteiger partial charge in [-0.25, -0.2) is 5.48 Å². The third kappa shape index (κ3) is 3.98. The number of hydroxylamine groups is 1. The van der Waals surface area contributed by atoms with Crippen molar-refractivity contribution in [3.63, 3.8) is 0 Å². The van der Waals surface area contributed by atoms with Gasteiger partial charge in [-0.15, -0.1) is 0 Å². The van der Waals surface area contributed by atoms with Crippen LogP contribution in [0.15, 0.2) is 85.1 Å². The van der Waals surface area contributed by atoms with Crippen LogP contribution in [0.2, 0.25) is 0 Å². The average molecular weight is 509 g/mol. The molecule has 0 radical (unpaired) electrons. The van der Waals surface area contributed by atoms with Gasteiger partial charge in [0, 0.05) is 23.7 Å². The lowest BCUT2D eigenvalue weighted by Crippen LogP contribution is -2.47. The maximum Gasteiger partial charge on any atom is 0.249 e. The molecule has 1 aromatic heterocycles. The average Bonchev–Trinajstić information content (AvgIpc) is 3.49. The lowest BCUT2D eigenvalue weighted by molar-refractivity contribution is -0.140. The summed E-state index contributed by atoms with van der Waals surface area (Å²) in [5, 5.41) is 10.4. The van der Waals surface area contributed by atoms with Crippen LogP contribution in [0.25, 0.3) is 10.9 Å². The number of benzene rings is 3. The molecule has 0 saturated carbocycles. The summed E-state index contributed by atoms with van der Waals surface area (Å²) in [4.78, 5) is 32.4. The van der Waals surface area contributed by atoms with Crippen LogP contribution < -0.4 is 16.0 Å². The summed E-state index contributed by atoms with van der Waals surface area (Å²) in [5.74, 6) is -0.641. The third-order valence-corrected chi connectivity index (χ3v) is 7.87. The number of hydrogen-bond donors (Lipinski definition) is 3. The molecule has 1 aliphatic carbocycles. The Hall–Kier alpha value is -4.27. The Balaban J connectivity index is 1.20. The molecule has 0 bridgehead atoms. The standard InChI is InChI=1S/C30H28N4O4/c31-30(14-16-34(29(30)36)27-24-7-2-1-5-19(24)17-25(27)28(35)33-37)21-9-11-22(12-10-21)38-18-20-13-15-32-26-8-4-3-6-23(20)26/h1-13,15,25,27,37H,14,16-18,31H2,(H,33,35). The van der Waals surface area contributed by atoms with E-state index in [2.05, 4.69) is 4.98 Å². The highest BCUT2D eigenvalue weighted by Crippen LogP contribution is 2.45. The molecule has 3 unspecified atom stereocenters. The zero-order valence-corrected chi connectivity index (χ0v) is 20.7. The van der Waals surface area contributed by atoms with E-state index in [9.17, 15) is 14.8 Å². The summed E-state index contributed by atoms with van der Waals surface area (Å²) in [5.41, 5.74) is 11.9. The highest BCUT2D eigenvalue weighted by Gasteiger charge is 2.51. The summed E-state index contributed by atoms with van der Waals surface area (Å²) in [6.45, 7) is 0.801. The van der Waals surface area contributed by atoms with E-state index in [1.165, 1.54) is 0 Å². The molecule has 6 rings (SSSR count). The molecule has 4 aromatic rings. The highest BCUT2D eigenvalue weighted by molar-refractivity contribution is 5.91. The molecule has 38 heavy (non-hydrogen) atoms. The zero-order chi connectivity index (χ0) is 26.3. The number of fused-ring (bicyclic) bond motifs is 2. The van der Waals surface area contributed by atoms with Crippen molar-refractivity contribution in [2.24, 2.45) is 11.7 Å². The number of nitrogens with two attached hydrogens (primary N) is 1. The van der Waals surface area contributed by atoms with Crippen LogP contribution in [0.5, 0.6) is 5.75 Å². The second-order valence-corrected chi connectivity index (χ2v) is 9.95. The van der Waals surface area contributed by atoms with Crippen LogP contribution in [0, 0.1) is 5.92 Å². The number of pyridine rings is 1. The molecule has 1 aliphatic heterocycles. The Morgan fingerprint density at radius 1 is 1.08 bits per heavy atom. The lowest BCUT2D eigenvalue weighted by Gasteiger charge is -2.31. The first-order valence-corrected chi connectivity index (χ1v) is 12.7. The molecular weight excluding hydrogens is 480 g/mol. The molecule has 3 atom stereocenters. The third-order valence-electron chi connectivity index (χ3n) is 7.87. The molecule has 3 aromatic carbocycles. The lowest BCUT2D eigenvalue weighted by atomic mass is 9.89. The highest BCUT2D eigenvalue weighted by atomic mass is 16.5. The van der Waals surface area contributed by atoms with Crippen molar-refractivity contribution in [2.45, 2.75) is 31.0 Å². The molecule has 2 heterocycles. The van der Waals surface area contributed by atoms with Crippen molar-refractivity contribution in [3.05, 3.63) is 107 Å². The first-order chi connectivity index (χ1) is 18.5. The van der Waals surface area contributed by atoms with Crippen molar-refractivity contribution < 1.29 is 19.5 Å². The van der Waals surface area contributed by atoms with E-state index in [1.54, 1.807) is 16.6 Å². The minimum absolute atomic E-state index is 0.230. The Bertz CT molecular complexity index is 1520. The Kier molecular flexibility index (Phi) is 6.06. The summed E-state index contributed by atoms with van der Waals surface area (Å²) >= 11 is 0. The van der Waals surface area contributed by atoms with Crippen LogP contribution >= 0.6 is 0 Å². The molecule has 1 fully saturated rings. The Morgan fingerprint density at radius 2 is 1.84 bits per heavy atom. The minimum Gasteiger partial charge on any atom is -0.489 e. The van der Waals surface area contributed by atoms with E-state index in [4.69, 9.17) is 10.5 Å². The van der Waals surface area contributed by atoms with Gasteiger partial charge in [0.05, 0.1) is 17.5 Å². The quantitative estimate of drug-likeness (QED) is 0.271. The normalized spacial score (nSPS) is 22.5. The number of hydrogen-bond acceptors (Lipinski definition) is 6. The van der Waals surface area contributed by atoms with Crippen LogP contribution in [-0.4, -0.2) is 33.5 Å². The monoisotopic (exact) mass is 508 g/mol. The van der Waals surface area contributed by atoms with Gasteiger partial charge in [-0.05, 0) is 53.8 Å². The maximum absolute atomic E-state index is 13.8. The van der Waals surface area contributed by atoms with Crippen LogP contribution in [-0.2, 0) is 28.2 Å². The van der Waals surface area contributed by atoms with Gasteiger partial charge < -0.3 is 15.4 Å². The molecule has 0 spiro atoms.